The third kappa shape index (κ3) is 5.08. The van der Waals surface area contributed by atoms with E-state index in [0.29, 0.717) is 23.3 Å². The molecule has 0 unspecified atom stereocenters. The van der Waals surface area contributed by atoms with E-state index in [2.05, 4.69) is 29.1 Å². The number of hydrogen-bond donors (Lipinski definition) is 3. The van der Waals surface area contributed by atoms with Gasteiger partial charge in [-0.05, 0) is 58.2 Å². The van der Waals surface area contributed by atoms with Gasteiger partial charge in [-0.25, -0.2) is 4.79 Å². The third-order valence-electron chi connectivity index (χ3n) is 6.24. The zero-order valence-electron chi connectivity index (χ0n) is 18.4. The van der Waals surface area contributed by atoms with E-state index in [1.807, 2.05) is 6.92 Å². The van der Waals surface area contributed by atoms with Crippen molar-refractivity contribution in [1.82, 2.24) is 4.90 Å². The molecular weight excluding hydrogens is 368 g/mol. The summed E-state index contributed by atoms with van der Waals surface area (Å²) in [5, 5.41) is 20.7. The number of aromatic carboxylic acids is 1. The Bertz CT molecular complexity index is 714. The standard InChI is InChI=1S/C22H36N4O3/c1-6-26(17-9-7-16(8-10-17)25(4)11-12-29-5)21-15(2)18(22(27)28)13-20(24-3)19(21)14-23/h13-14,16-17,23-24H,6-12H2,1-5H3,(H,27,28). The van der Waals surface area contributed by atoms with Gasteiger partial charge in [0, 0.05) is 56.8 Å². The summed E-state index contributed by atoms with van der Waals surface area (Å²) in [7, 11) is 5.66. The van der Waals surface area contributed by atoms with Gasteiger partial charge in [0.05, 0.1) is 17.9 Å². The quantitative estimate of drug-likeness (QED) is 0.518. The fourth-order valence-corrected chi connectivity index (χ4v) is 4.56. The molecule has 0 aromatic heterocycles. The van der Waals surface area contributed by atoms with E-state index in [-0.39, 0.29) is 0 Å². The number of ether oxygens (including phenoxy) is 1. The number of likely N-dealkylation sites (N-methyl/N-ethyl adjacent to an activating group) is 1. The molecule has 3 N–H and O–H groups in total. The van der Waals surface area contributed by atoms with Gasteiger partial charge < -0.3 is 30.4 Å². The lowest BCUT2D eigenvalue weighted by Gasteiger charge is -2.41. The van der Waals surface area contributed by atoms with Gasteiger partial charge in [0.25, 0.3) is 0 Å². The molecule has 0 radical (unpaired) electrons. The van der Waals surface area contributed by atoms with Crippen LogP contribution in [0, 0.1) is 12.3 Å². The van der Waals surface area contributed by atoms with Crippen LogP contribution in [0.2, 0.25) is 0 Å². The Morgan fingerprint density at radius 2 is 1.97 bits per heavy atom. The van der Waals surface area contributed by atoms with Gasteiger partial charge in [-0.3, -0.25) is 0 Å². The first-order chi connectivity index (χ1) is 13.9. The van der Waals surface area contributed by atoms with Gasteiger partial charge >= 0.3 is 5.97 Å². The summed E-state index contributed by atoms with van der Waals surface area (Å²) in [5.74, 6) is -0.934. The molecule has 29 heavy (non-hydrogen) atoms. The van der Waals surface area contributed by atoms with Crippen molar-refractivity contribution in [3.63, 3.8) is 0 Å². The molecule has 0 bridgehead atoms. The molecule has 2 rings (SSSR count). The van der Waals surface area contributed by atoms with E-state index in [9.17, 15) is 9.90 Å². The Kier molecular flexibility index (Phi) is 8.46. The number of rotatable bonds is 10. The number of carboxylic acid groups (broad SMARTS) is 1. The van der Waals surface area contributed by atoms with Crippen molar-refractivity contribution >= 4 is 23.6 Å². The lowest BCUT2D eigenvalue weighted by Crippen LogP contribution is -2.44. The molecule has 0 aliphatic heterocycles. The Morgan fingerprint density at radius 3 is 2.45 bits per heavy atom. The highest BCUT2D eigenvalue weighted by molar-refractivity contribution is 6.01. The number of nitrogens with zero attached hydrogens (tertiary/aromatic N) is 2. The van der Waals surface area contributed by atoms with Crippen molar-refractivity contribution in [3.05, 3.63) is 22.8 Å². The molecule has 1 saturated carbocycles. The van der Waals surface area contributed by atoms with E-state index in [1.165, 1.54) is 6.21 Å². The van der Waals surface area contributed by atoms with Crippen molar-refractivity contribution in [2.45, 2.75) is 51.6 Å². The smallest absolute Gasteiger partial charge is 0.336 e. The largest absolute Gasteiger partial charge is 0.478 e. The van der Waals surface area contributed by atoms with Crippen LogP contribution in [0.15, 0.2) is 6.07 Å². The minimum Gasteiger partial charge on any atom is -0.478 e. The average Bonchev–Trinajstić information content (AvgIpc) is 2.73. The molecule has 0 atom stereocenters. The van der Waals surface area contributed by atoms with Gasteiger partial charge in [-0.1, -0.05) is 0 Å². The monoisotopic (exact) mass is 404 g/mol. The molecule has 162 valence electrons. The molecule has 1 aliphatic carbocycles. The molecule has 7 heteroatoms. The van der Waals surface area contributed by atoms with Crippen LogP contribution in [0.4, 0.5) is 11.4 Å². The number of methoxy groups -OCH3 is 1. The summed E-state index contributed by atoms with van der Waals surface area (Å²) < 4.78 is 5.20. The van der Waals surface area contributed by atoms with Crippen LogP contribution < -0.4 is 10.2 Å². The Labute approximate surface area is 174 Å². The first-order valence-corrected chi connectivity index (χ1v) is 10.4. The fraction of sp³-hybridized carbons (Fsp3) is 0.636. The fourth-order valence-electron chi connectivity index (χ4n) is 4.56. The number of carbonyl (C=O) groups is 1. The van der Waals surface area contributed by atoms with Crippen LogP contribution in [0.1, 0.15) is 54.1 Å². The molecule has 1 aromatic rings. The highest BCUT2D eigenvalue weighted by atomic mass is 16.5. The van der Waals surface area contributed by atoms with E-state index >= 15 is 0 Å². The third-order valence-corrected chi connectivity index (χ3v) is 6.24. The highest BCUT2D eigenvalue weighted by Crippen LogP contribution is 2.37. The van der Waals surface area contributed by atoms with Gasteiger partial charge in [-0.2, -0.15) is 0 Å². The van der Waals surface area contributed by atoms with Crippen molar-refractivity contribution in [2.75, 3.05) is 51.1 Å². The maximum atomic E-state index is 11.8. The second kappa shape index (κ2) is 10.6. The summed E-state index contributed by atoms with van der Waals surface area (Å²) in [6.07, 6.45) is 5.67. The molecule has 1 fully saturated rings. The van der Waals surface area contributed by atoms with Gasteiger partial charge in [0.15, 0.2) is 0 Å². The Balaban J connectivity index is 2.31. The Hall–Kier alpha value is -2.12. The number of anilines is 2. The second-order valence-electron chi connectivity index (χ2n) is 7.78. The summed E-state index contributed by atoms with van der Waals surface area (Å²) in [4.78, 5) is 16.5. The van der Waals surface area contributed by atoms with Crippen LogP contribution >= 0.6 is 0 Å². The summed E-state index contributed by atoms with van der Waals surface area (Å²) in [5.41, 5.74) is 3.35. The van der Waals surface area contributed by atoms with Crippen LogP contribution in [-0.4, -0.2) is 75.2 Å². The van der Waals surface area contributed by atoms with E-state index in [4.69, 9.17) is 10.1 Å². The molecule has 0 heterocycles. The normalized spacial score (nSPS) is 19.2. The van der Waals surface area contributed by atoms with Crippen molar-refractivity contribution in [1.29, 1.82) is 5.41 Å². The molecule has 0 amide bonds. The van der Waals surface area contributed by atoms with Crippen molar-refractivity contribution in [3.8, 4) is 0 Å². The lowest BCUT2D eigenvalue weighted by molar-refractivity contribution is 0.0696. The van der Waals surface area contributed by atoms with Crippen LogP contribution in [0.5, 0.6) is 0 Å². The van der Waals surface area contributed by atoms with E-state index in [1.54, 1.807) is 20.2 Å². The summed E-state index contributed by atoms with van der Waals surface area (Å²) in [6, 6.07) is 2.54. The van der Waals surface area contributed by atoms with Gasteiger partial charge in [-0.15, -0.1) is 0 Å². The average molecular weight is 405 g/mol. The van der Waals surface area contributed by atoms with E-state index in [0.717, 1.165) is 62.2 Å². The minimum absolute atomic E-state index is 0.293. The SMILES string of the molecule is CCN(c1c(C)c(C(=O)O)cc(NC)c1C=N)C1CCC(N(C)CCOC)CC1. The zero-order valence-corrected chi connectivity index (χ0v) is 18.4. The van der Waals surface area contributed by atoms with Crippen LogP contribution in [0.25, 0.3) is 0 Å². The maximum absolute atomic E-state index is 11.8. The molecular formula is C22H36N4O3. The highest BCUT2D eigenvalue weighted by Gasteiger charge is 2.30. The molecule has 7 nitrogen and oxygen atoms in total. The van der Waals surface area contributed by atoms with Gasteiger partial charge in [0.2, 0.25) is 0 Å². The topological polar surface area (TPSA) is 88.9 Å². The van der Waals surface area contributed by atoms with Crippen LogP contribution in [0.3, 0.4) is 0 Å². The predicted molar refractivity (Wildman–Crippen MR) is 119 cm³/mol. The van der Waals surface area contributed by atoms with Gasteiger partial charge in [0.1, 0.15) is 0 Å². The molecule has 0 saturated heterocycles. The van der Waals surface area contributed by atoms with E-state index < -0.39 is 5.97 Å². The molecule has 1 aromatic carbocycles. The Morgan fingerprint density at radius 1 is 1.34 bits per heavy atom. The zero-order chi connectivity index (χ0) is 21.6. The predicted octanol–water partition coefficient (Wildman–Crippen LogP) is 3.45. The molecule has 1 aliphatic rings. The number of benzene rings is 1. The second-order valence-corrected chi connectivity index (χ2v) is 7.78. The summed E-state index contributed by atoms with van der Waals surface area (Å²) in [6.45, 7) is 6.43. The van der Waals surface area contributed by atoms with Crippen molar-refractivity contribution < 1.29 is 14.6 Å². The lowest BCUT2D eigenvalue weighted by atomic mass is 9.88. The van der Waals surface area contributed by atoms with Crippen LogP contribution in [-0.2, 0) is 4.74 Å². The number of nitrogens with one attached hydrogen (secondary N) is 2. The number of hydrogen-bond acceptors (Lipinski definition) is 6. The first kappa shape index (κ1) is 23.2. The maximum Gasteiger partial charge on any atom is 0.336 e. The van der Waals surface area contributed by atoms with Crippen molar-refractivity contribution in [2.24, 2.45) is 0 Å². The number of carboxylic acids is 1. The minimum atomic E-state index is -0.934. The molecule has 0 spiro atoms. The first-order valence-electron chi connectivity index (χ1n) is 10.4. The summed E-state index contributed by atoms with van der Waals surface area (Å²) >= 11 is 0.